The van der Waals surface area contributed by atoms with E-state index in [4.69, 9.17) is 0 Å². The van der Waals surface area contributed by atoms with Crippen LogP contribution in [0.5, 0.6) is 0 Å². The molecule has 0 heteroatoms. The molecule has 156 valence electrons. The molecule has 4 unspecified atom stereocenters. The number of benzene rings is 1. The van der Waals surface area contributed by atoms with E-state index in [0.717, 1.165) is 35.5 Å². The maximum atomic E-state index is 2.47. The van der Waals surface area contributed by atoms with E-state index in [9.17, 15) is 0 Å². The highest BCUT2D eigenvalue weighted by Crippen LogP contribution is 2.50. The Hall–Kier alpha value is -0.780. The number of unbranched alkanes of at least 4 members (excludes halogenated alkanes) is 1. The van der Waals surface area contributed by atoms with Gasteiger partial charge in [-0.2, -0.15) is 0 Å². The molecule has 1 aromatic rings. The van der Waals surface area contributed by atoms with Gasteiger partial charge in [0, 0.05) is 0 Å². The van der Waals surface area contributed by atoms with Gasteiger partial charge in [0.25, 0.3) is 0 Å². The molecule has 1 aromatic carbocycles. The topological polar surface area (TPSA) is 0 Å². The zero-order valence-corrected chi connectivity index (χ0v) is 18.7. The zero-order chi connectivity index (χ0) is 19.3. The quantitative estimate of drug-likeness (QED) is 0.463. The van der Waals surface area contributed by atoms with Crippen LogP contribution in [0.25, 0.3) is 0 Å². The first-order valence-electron chi connectivity index (χ1n) is 12.9. The molecule has 0 amide bonds. The Balaban J connectivity index is 1.28. The van der Waals surface area contributed by atoms with Crippen LogP contribution < -0.4 is 0 Å². The van der Waals surface area contributed by atoms with Crippen LogP contribution >= 0.6 is 0 Å². The fourth-order valence-electron chi connectivity index (χ4n) is 7.06. The Morgan fingerprint density at radius 3 is 1.96 bits per heavy atom. The van der Waals surface area contributed by atoms with E-state index in [-0.39, 0.29) is 0 Å². The summed E-state index contributed by atoms with van der Waals surface area (Å²) in [4.78, 5) is 0. The average molecular weight is 381 g/mol. The fraction of sp³-hybridized carbons (Fsp3) is 0.786. The highest BCUT2D eigenvalue weighted by molar-refractivity contribution is 5.26. The van der Waals surface area contributed by atoms with Gasteiger partial charge in [0.2, 0.25) is 0 Å². The van der Waals surface area contributed by atoms with Gasteiger partial charge < -0.3 is 0 Å². The van der Waals surface area contributed by atoms with Crippen LogP contribution in [-0.4, -0.2) is 0 Å². The second-order valence-corrected chi connectivity index (χ2v) is 10.6. The lowest BCUT2D eigenvalue weighted by atomic mass is 9.60. The van der Waals surface area contributed by atoms with Crippen molar-refractivity contribution < 1.29 is 0 Å². The van der Waals surface area contributed by atoms with Gasteiger partial charge in [0.15, 0.2) is 0 Å². The SMILES string of the molecule is CCCCc1ccc(C2CCC3CC(C4CCC(CC)CC4)CCC3C2)cc1. The summed E-state index contributed by atoms with van der Waals surface area (Å²) in [6, 6.07) is 9.77. The van der Waals surface area contributed by atoms with Crippen LogP contribution in [-0.2, 0) is 6.42 Å². The lowest BCUT2D eigenvalue weighted by Gasteiger charge is -2.45. The van der Waals surface area contributed by atoms with E-state index in [1.165, 1.54) is 69.8 Å². The van der Waals surface area contributed by atoms with Crippen molar-refractivity contribution in [3.05, 3.63) is 35.4 Å². The highest BCUT2D eigenvalue weighted by atomic mass is 14.4. The molecular formula is C28H44. The number of aryl methyl sites for hydroxylation is 1. The minimum absolute atomic E-state index is 0.845. The molecule has 0 N–H and O–H groups in total. The Kier molecular flexibility index (Phi) is 7.18. The lowest BCUT2D eigenvalue weighted by Crippen LogP contribution is -2.34. The fourth-order valence-corrected chi connectivity index (χ4v) is 7.06. The van der Waals surface area contributed by atoms with Gasteiger partial charge in [-0.3, -0.25) is 0 Å². The van der Waals surface area contributed by atoms with Gasteiger partial charge in [0.05, 0.1) is 0 Å². The second-order valence-electron chi connectivity index (χ2n) is 10.6. The monoisotopic (exact) mass is 380 g/mol. The van der Waals surface area contributed by atoms with E-state index < -0.39 is 0 Å². The molecule has 4 atom stereocenters. The van der Waals surface area contributed by atoms with Crippen molar-refractivity contribution in [1.82, 2.24) is 0 Å². The van der Waals surface area contributed by atoms with Crippen LogP contribution in [0.4, 0.5) is 0 Å². The Morgan fingerprint density at radius 1 is 0.679 bits per heavy atom. The van der Waals surface area contributed by atoms with Crippen molar-refractivity contribution in [2.75, 3.05) is 0 Å². The zero-order valence-electron chi connectivity index (χ0n) is 18.7. The van der Waals surface area contributed by atoms with Gasteiger partial charge in [-0.25, -0.2) is 0 Å². The summed E-state index contributed by atoms with van der Waals surface area (Å²) < 4.78 is 0. The molecule has 3 fully saturated rings. The molecule has 3 saturated carbocycles. The molecule has 3 aliphatic carbocycles. The molecule has 0 nitrogen and oxygen atoms in total. The predicted octanol–water partition coefficient (Wildman–Crippen LogP) is 8.55. The van der Waals surface area contributed by atoms with E-state index in [2.05, 4.69) is 38.1 Å². The highest BCUT2D eigenvalue weighted by Gasteiger charge is 2.38. The Labute approximate surface area is 174 Å². The molecule has 0 aliphatic heterocycles. The largest absolute Gasteiger partial charge is 0.0654 e. The van der Waals surface area contributed by atoms with Crippen molar-refractivity contribution >= 4 is 0 Å². The summed E-state index contributed by atoms with van der Waals surface area (Å²) >= 11 is 0. The number of rotatable bonds is 6. The molecule has 0 radical (unpaired) electrons. The van der Waals surface area contributed by atoms with E-state index in [1.807, 2.05) is 0 Å². The summed E-state index contributed by atoms with van der Waals surface area (Å²) in [5.74, 6) is 6.14. The standard InChI is InChI=1S/C28H44/c1-3-5-6-22-9-13-24(14-10-22)26-16-18-27-19-25(15-17-28(27)20-26)23-11-7-21(4-2)8-12-23/h9-10,13-14,21,23,25-28H,3-8,11-12,15-20H2,1-2H3. The number of hydrogen-bond donors (Lipinski definition) is 0. The lowest BCUT2D eigenvalue weighted by molar-refractivity contribution is 0.0716. The predicted molar refractivity (Wildman–Crippen MR) is 122 cm³/mol. The average Bonchev–Trinajstić information content (AvgIpc) is 2.77. The number of hydrogen-bond acceptors (Lipinski definition) is 0. The minimum Gasteiger partial charge on any atom is -0.0654 e. The van der Waals surface area contributed by atoms with Crippen LogP contribution in [0.3, 0.4) is 0 Å². The minimum atomic E-state index is 0.845. The molecule has 0 saturated heterocycles. The van der Waals surface area contributed by atoms with Gasteiger partial charge >= 0.3 is 0 Å². The van der Waals surface area contributed by atoms with E-state index in [0.29, 0.717) is 0 Å². The third kappa shape index (κ3) is 4.85. The Morgan fingerprint density at radius 2 is 1.29 bits per heavy atom. The first-order valence-corrected chi connectivity index (χ1v) is 12.9. The molecule has 0 aromatic heterocycles. The molecule has 0 heterocycles. The van der Waals surface area contributed by atoms with Crippen LogP contribution in [0, 0.1) is 29.6 Å². The third-order valence-electron chi connectivity index (χ3n) is 9.06. The summed E-state index contributed by atoms with van der Waals surface area (Å²) in [5, 5.41) is 0. The summed E-state index contributed by atoms with van der Waals surface area (Å²) in [6.45, 7) is 4.69. The van der Waals surface area contributed by atoms with Crippen molar-refractivity contribution in [1.29, 1.82) is 0 Å². The molecule has 4 rings (SSSR count). The van der Waals surface area contributed by atoms with E-state index in [1.54, 1.807) is 31.2 Å². The maximum Gasteiger partial charge on any atom is -0.0159 e. The summed E-state index contributed by atoms with van der Waals surface area (Å²) in [5.41, 5.74) is 3.18. The van der Waals surface area contributed by atoms with Crippen LogP contribution in [0.2, 0.25) is 0 Å². The van der Waals surface area contributed by atoms with Crippen molar-refractivity contribution in [3.8, 4) is 0 Å². The maximum absolute atomic E-state index is 2.47. The summed E-state index contributed by atoms with van der Waals surface area (Å²) in [6.07, 6.45) is 20.6. The van der Waals surface area contributed by atoms with Crippen molar-refractivity contribution in [3.63, 3.8) is 0 Å². The molecule has 0 spiro atoms. The molecule has 3 aliphatic rings. The molecule has 28 heavy (non-hydrogen) atoms. The number of fused-ring (bicyclic) bond motifs is 1. The van der Waals surface area contributed by atoms with Gasteiger partial charge in [-0.15, -0.1) is 0 Å². The first kappa shape index (κ1) is 20.5. The van der Waals surface area contributed by atoms with Gasteiger partial charge in [-0.1, -0.05) is 63.8 Å². The summed E-state index contributed by atoms with van der Waals surface area (Å²) in [7, 11) is 0. The van der Waals surface area contributed by atoms with Crippen molar-refractivity contribution in [2.45, 2.75) is 110 Å². The van der Waals surface area contributed by atoms with E-state index >= 15 is 0 Å². The van der Waals surface area contributed by atoms with Gasteiger partial charge in [0.1, 0.15) is 0 Å². The molecular weight excluding hydrogens is 336 g/mol. The van der Waals surface area contributed by atoms with Gasteiger partial charge in [-0.05, 0) is 111 Å². The third-order valence-corrected chi connectivity index (χ3v) is 9.06. The van der Waals surface area contributed by atoms with Crippen LogP contribution in [0.15, 0.2) is 24.3 Å². The van der Waals surface area contributed by atoms with Crippen molar-refractivity contribution in [2.24, 2.45) is 29.6 Å². The smallest absolute Gasteiger partial charge is 0.0159 e. The normalized spacial score (nSPS) is 36.1. The second kappa shape index (κ2) is 9.82. The van der Waals surface area contributed by atoms with Crippen LogP contribution in [0.1, 0.15) is 114 Å². The Bertz CT molecular complexity index is 577. The first-order chi connectivity index (χ1) is 13.8. The molecule has 0 bridgehead atoms.